The molecule has 140 valence electrons. The van der Waals surface area contributed by atoms with Crippen LogP contribution in [0.4, 0.5) is 0 Å². The number of amides is 2. The van der Waals surface area contributed by atoms with Crippen molar-refractivity contribution < 1.29 is 9.59 Å². The zero-order valence-electron chi connectivity index (χ0n) is 15.8. The van der Waals surface area contributed by atoms with Crippen molar-refractivity contribution in [2.75, 3.05) is 13.1 Å². The van der Waals surface area contributed by atoms with E-state index in [0.717, 1.165) is 18.7 Å². The minimum atomic E-state index is -0.398. The van der Waals surface area contributed by atoms with Crippen LogP contribution in [0.1, 0.15) is 50.5 Å². The number of hydrogen-bond donors (Lipinski definition) is 2. The summed E-state index contributed by atoms with van der Waals surface area (Å²) in [5.41, 5.74) is 1.29. The number of hydrogen-bond acceptors (Lipinski definition) is 3. The topological polar surface area (TPSA) is 61.4 Å². The fraction of sp³-hybridized carbons (Fsp3) is 0.579. The van der Waals surface area contributed by atoms with Crippen LogP contribution < -0.4 is 10.6 Å². The van der Waals surface area contributed by atoms with Crippen molar-refractivity contribution in [2.45, 2.75) is 53.2 Å². The largest absolute Gasteiger partial charge is 0.352 e. The van der Waals surface area contributed by atoms with E-state index in [-0.39, 0.29) is 30.3 Å². The van der Waals surface area contributed by atoms with Gasteiger partial charge in [-0.1, -0.05) is 32.9 Å². The lowest BCUT2D eigenvalue weighted by molar-refractivity contribution is -0.128. The Kier molecular flexibility index (Phi) is 7.44. The van der Waals surface area contributed by atoms with Gasteiger partial charge in [0, 0.05) is 42.7 Å². The maximum Gasteiger partial charge on any atom is 0.254 e. The molecule has 2 atom stereocenters. The van der Waals surface area contributed by atoms with Crippen molar-refractivity contribution in [3.05, 3.63) is 35.4 Å². The second-order valence-electron chi connectivity index (χ2n) is 7.61. The molecule has 1 fully saturated rings. The molecule has 1 aliphatic rings. The number of carbonyl (C=O) groups is 2. The van der Waals surface area contributed by atoms with Gasteiger partial charge >= 0.3 is 0 Å². The molecule has 2 rings (SSSR count). The molecule has 0 aliphatic carbocycles. The van der Waals surface area contributed by atoms with Crippen molar-refractivity contribution in [1.82, 2.24) is 15.5 Å². The first-order valence-electron chi connectivity index (χ1n) is 8.62. The van der Waals surface area contributed by atoms with Crippen LogP contribution in [0.3, 0.4) is 0 Å². The zero-order chi connectivity index (χ0) is 17.9. The monoisotopic (exact) mass is 367 g/mol. The molecule has 25 heavy (non-hydrogen) atoms. The standard InChI is InChI=1S/C19H29N3O2.ClH/c1-13-14(2)22(11-10-20-13)17(23)16-8-6-15(7-9-16)12-21-18(24)19(3,4)5;/h6-9,13-14,20H,10-12H2,1-5H3,(H,21,24);1H. The van der Waals surface area contributed by atoms with E-state index in [1.54, 1.807) is 0 Å². The molecule has 1 saturated heterocycles. The number of benzene rings is 1. The second kappa shape index (κ2) is 8.68. The van der Waals surface area contributed by atoms with Gasteiger partial charge in [0.2, 0.25) is 5.91 Å². The van der Waals surface area contributed by atoms with Crippen LogP contribution in [0.5, 0.6) is 0 Å². The fourth-order valence-corrected chi connectivity index (χ4v) is 2.72. The third-order valence-corrected chi connectivity index (χ3v) is 4.63. The van der Waals surface area contributed by atoms with E-state index in [2.05, 4.69) is 24.5 Å². The summed E-state index contributed by atoms with van der Waals surface area (Å²) in [7, 11) is 0. The molecule has 1 aliphatic heterocycles. The molecule has 0 aromatic heterocycles. The minimum Gasteiger partial charge on any atom is -0.352 e. The van der Waals surface area contributed by atoms with Crippen molar-refractivity contribution in [1.29, 1.82) is 0 Å². The van der Waals surface area contributed by atoms with Crippen molar-refractivity contribution in [3.63, 3.8) is 0 Å². The van der Waals surface area contributed by atoms with E-state index in [1.165, 1.54) is 0 Å². The lowest BCUT2D eigenvalue weighted by atomic mass is 9.95. The van der Waals surface area contributed by atoms with E-state index < -0.39 is 5.41 Å². The van der Waals surface area contributed by atoms with Gasteiger partial charge in [-0.3, -0.25) is 9.59 Å². The summed E-state index contributed by atoms with van der Waals surface area (Å²) in [6.07, 6.45) is 0. The predicted molar refractivity (Wildman–Crippen MR) is 103 cm³/mol. The van der Waals surface area contributed by atoms with Crippen LogP contribution >= 0.6 is 12.4 Å². The highest BCUT2D eigenvalue weighted by Crippen LogP contribution is 2.16. The Balaban J connectivity index is 0.00000312. The second-order valence-corrected chi connectivity index (χ2v) is 7.61. The average Bonchev–Trinajstić information content (AvgIpc) is 2.54. The van der Waals surface area contributed by atoms with Crippen molar-refractivity contribution in [2.24, 2.45) is 5.41 Å². The van der Waals surface area contributed by atoms with Gasteiger partial charge < -0.3 is 15.5 Å². The molecule has 5 nitrogen and oxygen atoms in total. The van der Waals surface area contributed by atoms with Gasteiger partial charge in [0.05, 0.1) is 0 Å². The predicted octanol–water partition coefficient (Wildman–Crippen LogP) is 2.59. The first-order chi connectivity index (χ1) is 11.2. The van der Waals surface area contributed by atoms with Crippen LogP contribution in [0, 0.1) is 5.41 Å². The lowest BCUT2D eigenvalue weighted by Crippen LogP contribution is -2.57. The highest BCUT2D eigenvalue weighted by atomic mass is 35.5. The number of carbonyl (C=O) groups excluding carboxylic acids is 2. The third kappa shape index (κ3) is 5.44. The molecular formula is C19H30ClN3O2. The van der Waals surface area contributed by atoms with E-state index in [0.29, 0.717) is 18.2 Å². The Morgan fingerprint density at radius 1 is 1.20 bits per heavy atom. The number of nitrogens with zero attached hydrogens (tertiary/aromatic N) is 1. The first kappa shape index (κ1) is 21.5. The van der Waals surface area contributed by atoms with Gasteiger partial charge in [-0.2, -0.15) is 0 Å². The quantitative estimate of drug-likeness (QED) is 0.863. The number of rotatable bonds is 3. The third-order valence-electron chi connectivity index (χ3n) is 4.63. The molecule has 1 aromatic carbocycles. The van der Waals surface area contributed by atoms with Crippen molar-refractivity contribution >= 4 is 24.2 Å². The fourth-order valence-electron chi connectivity index (χ4n) is 2.72. The summed E-state index contributed by atoms with van der Waals surface area (Å²) >= 11 is 0. The van der Waals surface area contributed by atoms with Crippen LogP contribution in [0.25, 0.3) is 0 Å². The molecule has 0 spiro atoms. The molecule has 0 radical (unpaired) electrons. The zero-order valence-corrected chi connectivity index (χ0v) is 16.6. The van der Waals surface area contributed by atoms with Gasteiger partial charge in [-0.15, -0.1) is 12.4 Å². The maximum absolute atomic E-state index is 12.7. The summed E-state index contributed by atoms with van der Waals surface area (Å²) in [5, 5.41) is 6.30. The molecule has 1 heterocycles. The van der Waals surface area contributed by atoms with Gasteiger partial charge in [0.15, 0.2) is 0 Å². The van der Waals surface area contributed by atoms with E-state index in [1.807, 2.05) is 49.9 Å². The van der Waals surface area contributed by atoms with Gasteiger partial charge in [-0.05, 0) is 31.5 Å². The summed E-state index contributed by atoms with van der Waals surface area (Å²) in [6.45, 7) is 11.9. The minimum absolute atomic E-state index is 0. The Hall–Kier alpha value is -1.59. The van der Waals surface area contributed by atoms with Crippen LogP contribution in [0.2, 0.25) is 0 Å². The molecule has 1 aromatic rings. The Bertz CT molecular complexity index is 596. The number of piperazine rings is 1. The Morgan fingerprint density at radius 3 is 2.36 bits per heavy atom. The molecule has 2 N–H and O–H groups in total. The van der Waals surface area contributed by atoms with E-state index in [4.69, 9.17) is 0 Å². The van der Waals surface area contributed by atoms with Crippen LogP contribution in [-0.2, 0) is 11.3 Å². The highest BCUT2D eigenvalue weighted by molar-refractivity contribution is 5.94. The lowest BCUT2D eigenvalue weighted by Gasteiger charge is -2.38. The Labute approximate surface area is 157 Å². The van der Waals surface area contributed by atoms with Crippen molar-refractivity contribution in [3.8, 4) is 0 Å². The van der Waals surface area contributed by atoms with Crippen LogP contribution in [0.15, 0.2) is 24.3 Å². The molecule has 2 amide bonds. The summed E-state index contributed by atoms with van der Waals surface area (Å²) < 4.78 is 0. The molecular weight excluding hydrogens is 338 g/mol. The summed E-state index contributed by atoms with van der Waals surface area (Å²) in [6, 6.07) is 7.99. The summed E-state index contributed by atoms with van der Waals surface area (Å²) in [5.74, 6) is 0.0902. The molecule has 0 bridgehead atoms. The Morgan fingerprint density at radius 2 is 1.80 bits per heavy atom. The molecule has 2 unspecified atom stereocenters. The molecule has 0 saturated carbocycles. The first-order valence-corrected chi connectivity index (χ1v) is 8.62. The number of nitrogens with one attached hydrogen (secondary N) is 2. The SMILES string of the molecule is CC1NCCN(C(=O)c2ccc(CNC(=O)C(C)(C)C)cc2)C1C.Cl. The molecule has 6 heteroatoms. The van der Waals surface area contributed by atoms with Gasteiger partial charge in [-0.25, -0.2) is 0 Å². The smallest absolute Gasteiger partial charge is 0.254 e. The average molecular weight is 368 g/mol. The highest BCUT2D eigenvalue weighted by Gasteiger charge is 2.28. The summed E-state index contributed by atoms with van der Waals surface area (Å²) in [4.78, 5) is 26.5. The normalized spacial score (nSPS) is 20.6. The van der Waals surface area contributed by atoms with Crippen LogP contribution in [-0.4, -0.2) is 41.9 Å². The number of halogens is 1. The van der Waals surface area contributed by atoms with E-state index >= 15 is 0 Å². The van der Waals surface area contributed by atoms with E-state index in [9.17, 15) is 9.59 Å². The van der Waals surface area contributed by atoms with Gasteiger partial charge in [0.25, 0.3) is 5.91 Å². The maximum atomic E-state index is 12.7. The van der Waals surface area contributed by atoms with Gasteiger partial charge in [0.1, 0.15) is 0 Å².